The first-order valence-corrected chi connectivity index (χ1v) is 7.47. The van der Waals surface area contributed by atoms with Gasteiger partial charge < -0.3 is 10.5 Å². The highest BCUT2D eigenvalue weighted by atomic mass is 16.5. The Morgan fingerprint density at radius 2 is 2.33 bits per heavy atom. The molecule has 0 radical (unpaired) electrons. The Labute approximate surface area is 124 Å². The number of nitrogens with zero attached hydrogens (tertiary/aromatic N) is 1. The first-order valence-electron chi connectivity index (χ1n) is 7.47. The van der Waals surface area contributed by atoms with E-state index in [1.807, 2.05) is 19.9 Å². The number of ether oxygens (including phenoxy) is 1. The second-order valence-electron chi connectivity index (χ2n) is 5.53. The van der Waals surface area contributed by atoms with Gasteiger partial charge in [-0.05, 0) is 31.8 Å². The molecule has 118 valence electrons. The summed E-state index contributed by atoms with van der Waals surface area (Å²) >= 11 is 0. The summed E-state index contributed by atoms with van der Waals surface area (Å²) in [6.07, 6.45) is 3.67. The van der Waals surface area contributed by atoms with E-state index in [9.17, 15) is 9.59 Å². The van der Waals surface area contributed by atoms with Crippen molar-refractivity contribution in [1.82, 2.24) is 15.8 Å². The average Bonchev–Trinajstić information content (AvgIpc) is 2.92. The van der Waals surface area contributed by atoms with E-state index in [-0.39, 0.29) is 23.8 Å². The molecule has 3 amide bonds. The second-order valence-corrected chi connectivity index (χ2v) is 5.53. The molecule has 1 aliphatic heterocycles. The fraction of sp³-hybridized carbons (Fsp3) is 0.714. The Kier molecular flexibility index (Phi) is 5.19. The molecule has 1 heterocycles. The highest BCUT2D eigenvalue weighted by molar-refractivity contribution is 5.95. The van der Waals surface area contributed by atoms with Crippen molar-refractivity contribution in [3.05, 3.63) is 11.8 Å². The maximum Gasteiger partial charge on any atom is 0.318 e. The molecule has 2 aliphatic rings. The smallest absolute Gasteiger partial charge is 0.318 e. The number of amides is 3. The number of primary amides is 1. The molecule has 0 bridgehead atoms. The molecule has 0 spiro atoms. The number of nitrogens with two attached hydrogens (primary N) is 1. The van der Waals surface area contributed by atoms with E-state index in [1.54, 1.807) is 0 Å². The molecule has 1 aliphatic carbocycles. The standard InChI is InChI=1S/C14H24N4O3/c1-3-21-12-7-9(2)10(13(19)17-14(15)20)8-11(12)18-6-4-5-16-18/h7,9-11,16H,3-6,8H2,1-2H3,(H3,15,17,19,20)/t9-,10?,11-/m1/s1. The lowest BCUT2D eigenvalue weighted by Crippen LogP contribution is -2.49. The number of urea groups is 1. The fourth-order valence-corrected chi connectivity index (χ4v) is 3.03. The van der Waals surface area contributed by atoms with Gasteiger partial charge in [0, 0.05) is 19.0 Å². The summed E-state index contributed by atoms with van der Waals surface area (Å²) in [6.45, 7) is 6.36. The third-order valence-electron chi connectivity index (χ3n) is 4.03. The average molecular weight is 296 g/mol. The molecule has 0 saturated carbocycles. The van der Waals surface area contributed by atoms with Crippen LogP contribution in [0.4, 0.5) is 4.79 Å². The van der Waals surface area contributed by atoms with Gasteiger partial charge in [-0.3, -0.25) is 15.5 Å². The lowest BCUT2D eigenvalue weighted by atomic mass is 9.81. The molecule has 0 aromatic heterocycles. The lowest BCUT2D eigenvalue weighted by Gasteiger charge is -2.37. The van der Waals surface area contributed by atoms with E-state index in [2.05, 4.69) is 15.8 Å². The number of hydrazine groups is 1. The van der Waals surface area contributed by atoms with Crippen LogP contribution in [0.3, 0.4) is 0 Å². The van der Waals surface area contributed by atoms with Crippen molar-refractivity contribution < 1.29 is 14.3 Å². The number of imide groups is 1. The molecule has 4 N–H and O–H groups in total. The lowest BCUT2D eigenvalue weighted by molar-refractivity contribution is -0.126. The maximum atomic E-state index is 12.1. The molecule has 7 nitrogen and oxygen atoms in total. The van der Waals surface area contributed by atoms with Gasteiger partial charge in [0.15, 0.2) is 0 Å². The Bertz CT molecular complexity index is 432. The molecule has 1 unspecified atom stereocenters. The van der Waals surface area contributed by atoms with Gasteiger partial charge >= 0.3 is 6.03 Å². The third-order valence-corrected chi connectivity index (χ3v) is 4.03. The minimum atomic E-state index is -0.803. The minimum absolute atomic E-state index is 0.00440. The van der Waals surface area contributed by atoms with E-state index in [0.717, 1.165) is 25.3 Å². The topological polar surface area (TPSA) is 96.7 Å². The predicted octanol–water partition coefficient (Wildman–Crippen LogP) is 0.337. The van der Waals surface area contributed by atoms with Crippen molar-refractivity contribution in [1.29, 1.82) is 0 Å². The molecule has 2 rings (SSSR count). The molecule has 1 fully saturated rings. The number of allylic oxidation sites excluding steroid dienone is 1. The number of hydrogen-bond acceptors (Lipinski definition) is 5. The van der Waals surface area contributed by atoms with Crippen LogP contribution >= 0.6 is 0 Å². The Morgan fingerprint density at radius 1 is 1.57 bits per heavy atom. The van der Waals surface area contributed by atoms with Crippen LogP contribution in [-0.2, 0) is 9.53 Å². The van der Waals surface area contributed by atoms with Gasteiger partial charge in [0.1, 0.15) is 5.76 Å². The van der Waals surface area contributed by atoms with Crippen LogP contribution in [0.25, 0.3) is 0 Å². The van der Waals surface area contributed by atoms with E-state index in [1.165, 1.54) is 0 Å². The summed E-state index contributed by atoms with van der Waals surface area (Å²) in [4.78, 5) is 23.0. The highest BCUT2D eigenvalue weighted by Gasteiger charge is 2.38. The summed E-state index contributed by atoms with van der Waals surface area (Å²) in [6, 6.07) is -0.782. The van der Waals surface area contributed by atoms with Gasteiger partial charge in [0.2, 0.25) is 5.91 Å². The van der Waals surface area contributed by atoms with E-state index >= 15 is 0 Å². The molecule has 21 heavy (non-hydrogen) atoms. The summed E-state index contributed by atoms with van der Waals surface area (Å²) in [5, 5.41) is 4.31. The van der Waals surface area contributed by atoms with Gasteiger partial charge in [-0.25, -0.2) is 9.80 Å². The van der Waals surface area contributed by atoms with Gasteiger partial charge in [0.05, 0.1) is 12.6 Å². The zero-order valence-electron chi connectivity index (χ0n) is 12.6. The second kappa shape index (κ2) is 6.91. The molecular formula is C14H24N4O3. The van der Waals surface area contributed by atoms with Crippen molar-refractivity contribution in [3.8, 4) is 0 Å². The highest BCUT2D eigenvalue weighted by Crippen LogP contribution is 2.32. The van der Waals surface area contributed by atoms with Crippen molar-refractivity contribution in [2.45, 2.75) is 32.7 Å². The van der Waals surface area contributed by atoms with Crippen LogP contribution in [0.15, 0.2) is 11.8 Å². The van der Waals surface area contributed by atoms with Crippen LogP contribution in [0.5, 0.6) is 0 Å². The number of carbonyl (C=O) groups is 2. The van der Waals surface area contributed by atoms with Crippen LogP contribution in [0.1, 0.15) is 26.7 Å². The molecular weight excluding hydrogens is 272 g/mol. The van der Waals surface area contributed by atoms with Gasteiger partial charge in [-0.1, -0.05) is 6.92 Å². The molecule has 0 aromatic rings. The normalized spacial score (nSPS) is 29.8. The largest absolute Gasteiger partial charge is 0.497 e. The van der Waals surface area contributed by atoms with Crippen molar-refractivity contribution in [3.63, 3.8) is 0 Å². The first kappa shape index (κ1) is 15.8. The number of hydrogen-bond donors (Lipinski definition) is 3. The van der Waals surface area contributed by atoms with Gasteiger partial charge in [-0.15, -0.1) is 0 Å². The van der Waals surface area contributed by atoms with E-state index in [0.29, 0.717) is 13.0 Å². The Hall–Kier alpha value is -1.60. The van der Waals surface area contributed by atoms with Gasteiger partial charge in [-0.2, -0.15) is 0 Å². The quantitative estimate of drug-likeness (QED) is 0.695. The number of nitrogens with one attached hydrogen (secondary N) is 2. The zero-order chi connectivity index (χ0) is 15.4. The summed E-state index contributed by atoms with van der Waals surface area (Å²) in [7, 11) is 0. The van der Waals surface area contributed by atoms with Crippen LogP contribution in [0.2, 0.25) is 0 Å². The van der Waals surface area contributed by atoms with Crippen LogP contribution in [0, 0.1) is 11.8 Å². The first-order chi connectivity index (χ1) is 10.0. The summed E-state index contributed by atoms with van der Waals surface area (Å²) in [5.74, 6) is 0.312. The molecule has 0 aromatic carbocycles. The summed E-state index contributed by atoms with van der Waals surface area (Å²) < 4.78 is 5.74. The van der Waals surface area contributed by atoms with E-state index in [4.69, 9.17) is 10.5 Å². The molecule has 1 saturated heterocycles. The number of carbonyl (C=O) groups excluding carboxylic acids is 2. The zero-order valence-corrected chi connectivity index (χ0v) is 12.6. The molecule has 3 atom stereocenters. The van der Waals surface area contributed by atoms with Crippen LogP contribution in [-0.4, -0.2) is 42.7 Å². The fourth-order valence-electron chi connectivity index (χ4n) is 3.03. The maximum absolute atomic E-state index is 12.1. The molecule has 7 heteroatoms. The van der Waals surface area contributed by atoms with Gasteiger partial charge in [0.25, 0.3) is 0 Å². The Balaban J connectivity index is 2.15. The van der Waals surface area contributed by atoms with Crippen molar-refractivity contribution >= 4 is 11.9 Å². The third kappa shape index (κ3) is 3.74. The summed E-state index contributed by atoms with van der Waals surface area (Å²) in [5.41, 5.74) is 8.36. The monoisotopic (exact) mass is 296 g/mol. The Morgan fingerprint density at radius 3 is 2.90 bits per heavy atom. The minimum Gasteiger partial charge on any atom is -0.497 e. The van der Waals surface area contributed by atoms with Crippen molar-refractivity contribution in [2.75, 3.05) is 19.7 Å². The predicted molar refractivity (Wildman–Crippen MR) is 77.8 cm³/mol. The van der Waals surface area contributed by atoms with E-state index < -0.39 is 6.03 Å². The van der Waals surface area contributed by atoms with Crippen LogP contribution < -0.4 is 16.5 Å². The van der Waals surface area contributed by atoms with Crippen molar-refractivity contribution in [2.24, 2.45) is 17.6 Å². The number of rotatable bonds is 4. The SMILES string of the molecule is CCOC1=C[C@@H](C)C(C(=O)NC(N)=O)C[C@H]1N1CCCN1.